The van der Waals surface area contributed by atoms with Crippen molar-refractivity contribution in [3.05, 3.63) is 54.6 Å². The number of allylic oxidation sites excluding steroid dienone is 2. The fourth-order valence-corrected chi connectivity index (χ4v) is 5.62. The van der Waals surface area contributed by atoms with E-state index in [1.807, 2.05) is 12.2 Å². The van der Waals surface area contributed by atoms with E-state index in [1.165, 1.54) is 77.0 Å². The average molecular weight is 657 g/mol. The van der Waals surface area contributed by atoms with E-state index in [9.17, 15) is 22.6 Å². The van der Waals surface area contributed by atoms with E-state index in [-0.39, 0.29) is 53.9 Å². The van der Waals surface area contributed by atoms with Crippen LogP contribution in [0.15, 0.2) is 48.4 Å². The van der Waals surface area contributed by atoms with Crippen molar-refractivity contribution in [1.82, 2.24) is 0 Å². The van der Waals surface area contributed by atoms with Crippen LogP contribution in [-0.2, 0) is 19.6 Å². The average Bonchev–Trinajstić information content (AvgIpc) is 3.00. The van der Waals surface area contributed by atoms with Gasteiger partial charge in [0.1, 0.15) is 10.1 Å². The van der Waals surface area contributed by atoms with Gasteiger partial charge in [-0.2, -0.15) is 0 Å². The van der Waals surface area contributed by atoms with Crippen LogP contribution in [0.25, 0.3) is 0 Å². The molecule has 0 spiro atoms. The normalized spacial score (nSPS) is 11.0. The van der Waals surface area contributed by atoms with Crippen molar-refractivity contribution in [2.24, 2.45) is 0 Å². The summed E-state index contributed by atoms with van der Waals surface area (Å²) in [5.74, 6) is -1.57. The Morgan fingerprint density at radius 1 is 0.578 bits per heavy atom. The Labute approximate surface area is 296 Å². The van der Waals surface area contributed by atoms with Crippen molar-refractivity contribution in [2.45, 2.75) is 146 Å². The minimum atomic E-state index is -4.81. The quantitative estimate of drug-likeness (QED) is 0.0305. The van der Waals surface area contributed by atoms with Crippen LogP contribution >= 0.6 is 0 Å². The van der Waals surface area contributed by atoms with Gasteiger partial charge in [-0.05, 0) is 56.7 Å². The summed E-state index contributed by atoms with van der Waals surface area (Å²) in [4.78, 5) is 25.0. The van der Waals surface area contributed by atoms with Crippen LogP contribution < -0.4 is 29.6 Å². The van der Waals surface area contributed by atoms with Gasteiger partial charge >= 0.3 is 41.5 Å². The number of benzene rings is 1. The molecule has 0 saturated heterocycles. The van der Waals surface area contributed by atoms with E-state index in [0.717, 1.165) is 69.6 Å². The molecule has 1 aromatic carbocycles. The zero-order valence-corrected chi connectivity index (χ0v) is 30.9. The first-order valence-electron chi connectivity index (χ1n) is 17.0. The Kier molecular flexibility index (Phi) is 27.8. The van der Waals surface area contributed by atoms with Gasteiger partial charge in [-0.1, -0.05) is 115 Å². The van der Waals surface area contributed by atoms with Crippen LogP contribution in [0.5, 0.6) is 0 Å². The summed E-state index contributed by atoms with van der Waals surface area (Å²) in [5.41, 5.74) is -0.357. The fraction of sp³-hybridized carbons (Fsp3) is 0.667. The van der Waals surface area contributed by atoms with Crippen molar-refractivity contribution in [2.75, 3.05) is 13.2 Å². The van der Waals surface area contributed by atoms with Crippen molar-refractivity contribution in [3.63, 3.8) is 0 Å². The Bertz CT molecular complexity index is 1060. The van der Waals surface area contributed by atoms with Crippen LogP contribution in [-0.4, -0.2) is 38.1 Å². The molecule has 0 aliphatic heterocycles. The SMILES string of the molecule is C=CCCCCCCCCCCCCOC(=O)c1ccc(S(=O)(=O)[O-])cc1C(=O)OCCCCCCCCCCCCC=C.[Na+]. The fourth-order valence-electron chi connectivity index (χ4n) is 5.12. The largest absolute Gasteiger partial charge is 1.00 e. The third-order valence-corrected chi connectivity index (χ3v) is 8.62. The summed E-state index contributed by atoms with van der Waals surface area (Å²) in [7, 11) is -4.81. The second kappa shape index (κ2) is 28.7. The van der Waals surface area contributed by atoms with E-state index in [1.54, 1.807) is 0 Å². The molecule has 1 rings (SSSR count). The maximum atomic E-state index is 12.8. The number of hydrogen-bond acceptors (Lipinski definition) is 7. The summed E-state index contributed by atoms with van der Waals surface area (Å²) < 4.78 is 45.4. The Hall–Kier alpha value is -1.45. The van der Waals surface area contributed by atoms with Gasteiger partial charge in [0.25, 0.3) is 0 Å². The van der Waals surface area contributed by atoms with Crippen molar-refractivity contribution >= 4 is 22.1 Å². The Balaban J connectivity index is 0.0000194. The monoisotopic (exact) mass is 656 g/mol. The van der Waals surface area contributed by atoms with Gasteiger partial charge in [-0.25, -0.2) is 18.0 Å². The topological polar surface area (TPSA) is 110 Å². The summed E-state index contributed by atoms with van der Waals surface area (Å²) in [5, 5.41) is 0. The molecule has 0 bridgehead atoms. The molecule has 0 aliphatic carbocycles. The number of carbonyl (C=O) groups is 2. The van der Waals surface area contributed by atoms with Crippen molar-refractivity contribution < 1.29 is 61.6 Å². The molecule has 0 saturated carbocycles. The molecule has 9 heteroatoms. The minimum Gasteiger partial charge on any atom is -0.744 e. The second-order valence-corrected chi connectivity index (χ2v) is 13.0. The zero-order valence-electron chi connectivity index (χ0n) is 28.0. The summed E-state index contributed by atoms with van der Waals surface area (Å²) in [6.07, 6.45) is 28.7. The standard InChI is InChI=1S/C36H58O7S.Na/c1-3-5-7-9-11-13-15-17-19-21-23-25-29-42-35(37)33-28-27-32(44(39,40)41)31-34(33)36(38)43-30-26-24-22-20-18-16-14-12-10-8-6-4-2;/h3-4,27-28,31H,1-2,5-26,29-30H2,(H,39,40,41);/q;+1/p-1. The van der Waals surface area contributed by atoms with Gasteiger partial charge in [0.15, 0.2) is 0 Å². The van der Waals surface area contributed by atoms with Crippen LogP contribution in [0.3, 0.4) is 0 Å². The molecule has 7 nitrogen and oxygen atoms in total. The molecule has 0 heterocycles. The van der Waals surface area contributed by atoms with E-state index >= 15 is 0 Å². The molecular formula is C36H57NaO7S. The van der Waals surface area contributed by atoms with Crippen LogP contribution in [0.4, 0.5) is 0 Å². The van der Waals surface area contributed by atoms with Gasteiger partial charge in [0, 0.05) is 0 Å². The van der Waals surface area contributed by atoms with Crippen LogP contribution in [0.1, 0.15) is 162 Å². The van der Waals surface area contributed by atoms with Crippen LogP contribution in [0, 0.1) is 0 Å². The maximum absolute atomic E-state index is 12.8. The van der Waals surface area contributed by atoms with Gasteiger partial charge in [0.2, 0.25) is 0 Å². The number of esters is 2. The molecule has 0 aliphatic rings. The maximum Gasteiger partial charge on any atom is 1.00 e. The minimum absolute atomic E-state index is 0. The number of carbonyl (C=O) groups excluding carboxylic acids is 2. The number of hydrogen-bond donors (Lipinski definition) is 0. The van der Waals surface area contributed by atoms with E-state index < -0.39 is 27.0 Å². The Morgan fingerprint density at radius 2 is 0.911 bits per heavy atom. The smallest absolute Gasteiger partial charge is 0.744 e. The van der Waals surface area contributed by atoms with Gasteiger partial charge in [-0.15, -0.1) is 13.2 Å². The molecule has 0 unspecified atom stereocenters. The number of unbranched alkanes of at least 4 members (excludes halogenated alkanes) is 20. The number of ether oxygens (including phenoxy) is 2. The predicted octanol–water partition coefficient (Wildman–Crippen LogP) is 6.86. The molecule has 0 aromatic heterocycles. The second-order valence-electron chi connectivity index (χ2n) is 11.7. The molecule has 1 aromatic rings. The predicted molar refractivity (Wildman–Crippen MR) is 177 cm³/mol. The third kappa shape index (κ3) is 22.7. The third-order valence-electron chi connectivity index (χ3n) is 7.79. The molecule has 0 atom stereocenters. The van der Waals surface area contributed by atoms with E-state index in [4.69, 9.17) is 9.47 Å². The van der Waals surface area contributed by atoms with Gasteiger partial charge in [0.05, 0.1) is 29.2 Å². The van der Waals surface area contributed by atoms with Crippen molar-refractivity contribution in [3.8, 4) is 0 Å². The zero-order chi connectivity index (χ0) is 32.3. The summed E-state index contributed by atoms with van der Waals surface area (Å²) >= 11 is 0. The molecule has 0 N–H and O–H groups in total. The molecular weight excluding hydrogens is 599 g/mol. The Morgan fingerprint density at radius 3 is 1.27 bits per heavy atom. The van der Waals surface area contributed by atoms with Crippen molar-refractivity contribution in [1.29, 1.82) is 0 Å². The molecule has 0 amide bonds. The van der Waals surface area contributed by atoms with Gasteiger partial charge < -0.3 is 14.0 Å². The summed E-state index contributed by atoms with van der Waals surface area (Å²) in [6, 6.07) is 3.09. The van der Waals surface area contributed by atoms with E-state index in [0.29, 0.717) is 12.8 Å². The van der Waals surface area contributed by atoms with Crippen LogP contribution in [0.2, 0.25) is 0 Å². The van der Waals surface area contributed by atoms with Gasteiger partial charge in [-0.3, -0.25) is 0 Å². The molecule has 45 heavy (non-hydrogen) atoms. The number of rotatable bonds is 29. The summed E-state index contributed by atoms with van der Waals surface area (Å²) in [6.45, 7) is 7.85. The first-order valence-corrected chi connectivity index (χ1v) is 18.4. The first-order chi connectivity index (χ1) is 21.3. The van der Waals surface area contributed by atoms with E-state index in [2.05, 4.69) is 13.2 Å². The molecule has 0 radical (unpaired) electrons. The first kappa shape index (κ1) is 43.5. The molecule has 0 fully saturated rings. The molecule has 250 valence electrons.